The second-order valence-electron chi connectivity index (χ2n) is 8.61. The third-order valence-electron chi connectivity index (χ3n) is 6.52. The smallest absolute Gasteiger partial charge is 0.261 e. The summed E-state index contributed by atoms with van der Waals surface area (Å²) >= 11 is 1.45. The molecule has 4 aliphatic rings. The number of rotatable bonds is 6. The van der Waals surface area contributed by atoms with E-state index in [9.17, 15) is 9.59 Å². The van der Waals surface area contributed by atoms with Crippen LogP contribution in [0.3, 0.4) is 0 Å². The summed E-state index contributed by atoms with van der Waals surface area (Å²) in [5.74, 6) is 2.63. The Morgan fingerprint density at radius 2 is 1.72 bits per heavy atom. The van der Waals surface area contributed by atoms with Crippen molar-refractivity contribution in [2.24, 2.45) is 23.2 Å². The van der Waals surface area contributed by atoms with Crippen LogP contribution in [0, 0.1) is 30.1 Å². The van der Waals surface area contributed by atoms with Gasteiger partial charge in [-0.15, -0.1) is 11.3 Å². The predicted molar refractivity (Wildman–Crippen MR) is 99.6 cm³/mol. The standard InChI is InChI=1S/C20H28N2O2S/c1-13-2-3-17(25-13)19(24)22-12-18(23)21-5-4-20-9-14-6-15(10-20)8-16(7-14)11-20/h2-3,14-16H,4-12H2,1H3,(H,21,23)(H,22,24). The molecule has 1 heterocycles. The van der Waals surface area contributed by atoms with Crippen LogP contribution in [0.5, 0.6) is 0 Å². The Morgan fingerprint density at radius 3 is 2.28 bits per heavy atom. The molecule has 4 bridgehead atoms. The maximum absolute atomic E-state index is 12.0. The van der Waals surface area contributed by atoms with Gasteiger partial charge in [0, 0.05) is 11.4 Å². The molecule has 136 valence electrons. The monoisotopic (exact) mass is 360 g/mol. The Labute approximate surface area is 153 Å². The van der Waals surface area contributed by atoms with E-state index in [1.807, 2.05) is 13.0 Å². The molecule has 4 saturated carbocycles. The van der Waals surface area contributed by atoms with Crippen LogP contribution in [0.4, 0.5) is 0 Å². The van der Waals surface area contributed by atoms with Crippen molar-refractivity contribution in [2.75, 3.05) is 13.1 Å². The van der Waals surface area contributed by atoms with E-state index in [0.29, 0.717) is 10.3 Å². The van der Waals surface area contributed by atoms with Crippen LogP contribution >= 0.6 is 11.3 Å². The normalized spacial score (nSPS) is 32.6. The van der Waals surface area contributed by atoms with Gasteiger partial charge in [-0.3, -0.25) is 9.59 Å². The number of hydrogen-bond donors (Lipinski definition) is 2. The highest BCUT2D eigenvalue weighted by Crippen LogP contribution is 2.61. The van der Waals surface area contributed by atoms with Crippen molar-refractivity contribution in [3.63, 3.8) is 0 Å². The lowest BCUT2D eigenvalue weighted by Gasteiger charge is -2.57. The van der Waals surface area contributed by atoms with Gasteiger partial charge < -0.3 is 10.6 Å². The molecule has 0 aromatic carbocycles. The van der Waals surface area contributed by atoms with E-state index < -0.39 is 0 Å². The average molecular weight is 361 g/mol. The number of aryl methyl sites for hydroxylation is 1. The number of thiophene rings is 1. The molecule has 25 heavy (non-hydrogen) atoms. The number of amides is 2. The van der Waals surface area contributed by atoms with E-state index in [1.165, 1.54) is 49.9 Å². The molecule has 2 N–H and O–H groups in total. The molecule has 0 radical (unpaired) electrons. The van der Waals surface area contributed by atoms with Gasteiger partial charge in [0.05, 0.1) is 11.4 Å². The summed E-state index contributed by atoms with van der Waals surface area (Å²) in [6, 6.07) is 3.73. The van der Waals surface area contributed by atoms with Gasteiger partial charge in [0.15, 0.2) is 0 Å². The van der Waals surface area contributed by atoms with Gasteiger partial charge in [0.2, 0.25) is 5.91 Å². The highest BCUT2D eigenvalue weighted by atomic mass is 32.1. The molecule has 1 aromatic rings. The van der Waals surface area contributed by atoms with E-state index in [4.69, 9.17) is 0 Å². The van der Waals surface area contributed by atoms with Crippen molar-refractivity contribution in [2.45, 2.75) is 51.9 Å². The largest absolute Gasteiger partial charge is 0.355 e. The van der Waals surface area contributed by atoms with E-state index >= 15 is 0 Å². The van der Waals surface area contributed by atoms with Crippen LogP contribution < -0.4 is 10.6 Å². The van der Waals surface area contributed by atoms with E-state index in [1.54, 1.807) is 6.07 Å². The van der Waals surface area contributed by atoms with Crippen molar-refractivity contribution in [1.82, 2.24) is 10.6 Å². The first kappa shape index (κ1) is 17.1. The Morgan fingerprint density at radius 1 is 1.08 bits per heavy atom. The van der Waals surface area contributed by atoms with E-state index in [0.717, 1.165) is 35.6 Å². The molecule has 4 aliphatic carbocycles. The third kappa shape index (κ3) is 3.76. The summed E-state index contributed by atoms with van der Waals surface area (Å²) in [4.78, 5) is 25.8. The average Bonchev–Trinajstić information content (AvgIpc) is 2.98. The first-order valence-corrected chi connectivity index (χ1v) is 10.4. The van der Waals surface area contributed by atoms with E-state index in [2.05, 4.69) is 10.6 Å². The maximum Gasteiger partial charge on any atom is 0.261 e. The second-order valence-corrected chi connectivity index (χ2v) is 9.90. The maximum atomic E-state index is 12.0. The van der Waals surface area contributed by atoms with Crippen LogP contribution in [-0.4, -0.2) is 24.9 Å². The number of carbonyl (C=O) groups is 2. The van der Waals surface area contributed by atoms with Crippen molar-refractivity contribution >= 4 is 23.2 Å². The summed E-state index contributed by atoms with van der Waals surface area (Å²) in [7, 11) is 0. The fourth-order valence-corrected chi connectivity index (χ4v) is 6.71. The lowest BCUT2D eigenvalue weighted by Crippen LogP contribution is -2.47. The highest BCUT2D eigenvalue weighted by molar-refractivity contribution is 7.13. The van der Waals surface area contributed by atoms with Crippen LogP contribution in [0.25, 0.3) is 0 Å². The molecule has 4 fully saturated rings. The molecule has 0 unspecified atom stereocenters. The van der Waals surface area contributed by atoms with Crippen molar-refractivity contribution in [3.8, 4) is 0 Å². The van der Waals surface area contributed by atoms with Gasteiger partial charge in [0.25, 0.3) is 5.91 Å². The van der Waals surface area contributed by atoms with Crippen LogP contribution in [-0.2, 0) is 4.79 Å². The Hall–Kier alpha value is -1.36. The summed E-state index contributed by atoms with van der Waals surface area (Å²) in [5.41, 5.74) is 0.500. The molecule has 4 nitrogen and oxygen atoms in total. The molecule has 5 rings (SSSR count). The molecule has 0 saturated heterocycles. The first-order chi connectivity index (χ1) is 12.0. The van der Waals surface area contributed by atoms with Crippen molar-refractivity contribution in [1.29, 1.82) is 0 Å². The molecule has 0 aliphatic heterocycles. The minimum absolute atomic E-state index is 0.0661. The molecular weight excluding hydrogens is 332 g/mol. The quantitative estimate of drug-likeness (QED) is 0.816. The fourth-order valence-electron chi connectivity index (χ4n) is 5.93. The minimum atomic E-state index is -0.158. The van der Waals surface area contributed by atoms with Gasteiger partial charge in [-0.25, -0.2) is 0 Å². The van der Waals surface area contributed by atoms with Crippen LogP contribution in [0.2, 0.25) is 0 Å². The summed E-state index contributed by atoms with van der Waals surface area (Å²) in [6.45, 7) is 2.79. The third-order valence-corrected chi connectivity index (χ3v) is 7.52. The lowest BCUT2D eigenvalue weighted by atomic mass is 9.49. The van der Waals surface area contributed by atoms with E-state index in [-0.39, 0.29) is 18.4 Å². The Bertz CT molecular complexity index is 631. The van der Waals surface area contributed by atoms with Gasteiger partial charge in [-0.05, 0) is 87.2 Å². The van der Waals surface area contributed by atoms with Gasteiger partial charge >= 0.3 is 0 Å². The minimum Gasteiger partial charge on any atom is -0.355 e. The Balaban J connectivity index is 1.20. The Kier molecular flexibility index (Phi) is 4.61. The zero-order valence-electron chi connectivity index (χ0n) is 15.0. The number of hydrogen-bond acceptors (Lipinski definition) is 3. The highest BCUT2D eigenvalue weighted by Gasteiger charge is 2.50. The SMILES string of the molecule is Cc1ccc(C(=O)NCC(=O)NCCC23CC4CC(CC(C4)C2)C3)s1. The van der Waals surface area contributed by atoms with Crippen molar-refractivity contribution < 1.29 is 9.59 Å². The first-order valence-electron chi connectivity index (χ1n) is 9.63. The summed E-state index contributed by atoms with van der Waals surface area (Å²) in [5, 5.41) is 5.74. The molecule has 0 spiro atoms. The molecule has 2 amide bonds. The zero-order chi connectivity index (χ0) is 17.4. The van der Waals surface area contributed by atoms with Crippen LogP contribution in [0.1, 0.15) is 59.5 Å². The lowest BCUT2D eigenvalue weighted by molar-refractivity contribution is -0.120. The molecule has 5 heteroatoms. The summed E-state index contributed by atoms with van der Waals surface area (Å²) < 4.78 is 0. The second kappa shape index (κ2) is 6.75. The van der Waals surface area contributed by atoms with Crippen molar-refractivity contribution in [3.05, 3.63) is 21.9 Å². The molecule has 0 atom stereocenters. The zero-order valence-corrected chi connectivity index (χ0v) is 15.8. The number of carbonyl (C=O) groups excluding carboxylic acids is 2. The molecular formula is C20H28N2O2S. The van der Waals surface area contributed by atoms with Gasteiger partial charge in [-0.1, -0.05) is 0 Å². The van der Waals surface area contributed by atoms with Gasteiger partial charge in [-0.2, -0.15) is 0 Å². The summed E-state index contributed by atoms with van der Waals surface area (Å²) in [6.07, 6.45) is 9.62. The van der Waals surface area contributed by atoms with Crippen LogP contribution in [0.15, 0.2) is 12.1 Å². The molecule has 1 aromatic heterocycles. The number of nitrogens with one attached hydrogen (secondary N) is 2. The fraction of sp³-hybridized carbons (Fsp3) is 0.700. The topological polar surface area (TPSA) is 58.2 Å². The predicted octanol–water partition coefficient (Wildman–Crippen LogP) is 3.51. The van der Waals surface area contributed by atoms with Gasteiger partial charge in [0.1, 0.15) is 0 Å².